The second-order valence-corrected chi connectivity index (χ2v) is 12.3. The molecule has 0 aliphatic rings. The lowest BCUT2D eigenvalue weighted by molar-refractivity contribution is 0.654. The Bertz CT molecular complexity index is 2840. The number of rotatable bonds is 4. The standard InChI is InChI=1S/C44H27N3O/c1-2-15-34(16-3-1)47-39-19-7-6-18-36(39)37-26-32(20-22-40(37)47)30-12-8-11-29(24-30)31-13-9-14-33(25-31)38-27-45-43-42-35-17-5-4-10-28(35)21-23-41(42)48-44(43)46-38/h1-27H. The number of para-hydroxylation sites is 2. The van der Waals surface area contributed by atoms with Gasteiger partial charge in [-0.25, -0.2) is 9.97 Å². The van der Waals surface area contributed by atoms with Crippen LogP contribution in [0.2, 0.25) is 0 Å². The highest BCUT2D eigenvalue weighted by molar-refractivity contribution is 6.17. The topological polar surface area (TPSA) is 43.9 Å². The van der Waals surface area contributed by atoms with E-state index in [0.29, 0.717) is 5.71 Å². The average Bonchev–Trinajstić information content (AvgIpc) is 3.70. The quantitative estimate of drug-likeness (QED) is 0.198. The highest BCUT2D eigenvalue weighted by atomic mass is 16.3. The van der Waals surface area contributed by atoms with E-state index in [9.17, 15) is 0 Å². The van der Waals surface area contributed by atoms with Crippen LogP contribution in [0, 0.1) is 0 Å². The lowest BCUT2D eigenvalue weighted by atomic mass is 9.96. The molecule has 0 N–H and O–H groups in total. The summed E-state index contributed by atoms with van der Waals surface area (Å²) in [7, 11) is 0. The smallest absolute Gasteiger partial charge is 0.246 e. The van der Waals surface area contributed by atoms with Gasteiger partial charge in [0.1, 0.15) is 11.1 Å². The molecule has 0 aliphatic carbocycles. The highest BCUT2D eigenvalue weighted by Gasteiger charge is 2.16. The molecule has 0 spiro atoms. The number of fused-ring (bicyclic) bond motifs is 8. The van der Waals surface area contributed by atoms with Crippen LogP contribution in [-0.2, 0) is 0 Å². The summed E-state index contributed by atoms with van der Waals surface area (Å²) in [4.78, 5) is 9.80. The number of aromatic nitrogens is 3. The fraction of sp³-hybridized carbons (Fsp3) is 0. The van der Waals surface area contributed by atoms with Crippen molar-refractivity contribution in [3.05, 3.63) is 164 Å². The summed E-state index contributed by atoms with van der Waals surface area (Å²) in [5, 5.41) is 5.78. The SMILES string of the molecule is c1ccc(-n2c3ccccc3c3cc(-c4cccc(-c5cccc(-c6cnc7c(n6)oc6ccc8ccccc8c67)c5)c4)ccc32)cc1. The minimum Gasteiger partial charge on any atom is -0.436 e. The summed E-state index contributed by atoms with van der Waals surface area (Å²) in [5.74, 6) is 0. The molecule has 0 radical (unpaired) electrons. The Hall–Kier alpha value is -6.52. The Kier molecular flexibility index (Phi) is 5.84. The van der Waals surface area contributed by atoms with Gasteiger partial charge in [-0.1, -0.05) is 109 Å². The molecule has 0 amide bonds. The van der Waals surface area contributed by atoms with Crippen molar-refractivity contribution in [2.24, 2.45) is 0 Å². The maximum atomic E-state index is 6.21. The molecule has 10 rings (SSSR count). The molecule has 0 aliphatic heterocycles. The van der Waals surface area contributed by atoms with Gasteiger partial charge < -0.3 is 8.98 Å². The van der Waals surface area contributed by atoms with Crippen molar-refractivity contribution < 1.29 is 4.42 Å². The van der Waals surface area contributed by atoms with Gasteiger partial charge in [0, 0.05) is 22.0 Å². The first-order valence-electron chi connectivity index (χ1n) is 16.2. The Morgan fingerprint density at radius 2 is 1.15 bits per heavy atom. The van der Waals surface area contributed by atoms with Gasteiger partial charge in [0.15, 0.2) is 0 Å². The molecule has 0 unspecified atom stereocenters. The fourth-order valence-corrected chi connectivity index (χ4v) is 7.18. The molecule has 224 valence electrons. The molecular formula is C44H27N3O. The largest absolute Gasteiger partial charge is 0.436 e. The van der Waals surface area contributed by atoms with Gasteiger partial charge in [-0.2, -0.15) is 0 Å². The first kappa shape index (κ1) is 26.7. The van der Waals surface area contributed by atoms with Crippen LogP contribution in [0.1, 0.15) is 0 Å². The fourth-order valence-electron chi connectivity index (χ4n) is 7.18. The van der Waals surface area contributed by atoms with Gasteiger partial charge >= 0.3 is 0 Å². The van der Waals surface area contributed by atoms with Crippen molar-refractivity contribution in [3.63, 3.8) is 0 Å². The van der Waals surface area contributed by atoms with E-state index in [2.05, 4.69) is 144 Å². The molecule has 0 saturated carbocycles. The van der Waals surface area contributed by atoms with E-state index in [-0.39, 0.29) is 0 Å². The van der Waals surface area contributed by atoms with Crippen molar-refractivity contribution in [2.75, 3.05) is 0 Å². The summed E-state index contributed by atoms with van der Waals surface area (Å²) >= 11 is 0. The van der Waals surface area contributed by atoms with Crippen molar-refractivity contribution in [1.29, 1.82) is 0 Å². The van der Waals surface area contributed by atoms with Gasteiger partial charge in [0.25, 0.3) is 0 Å². The van der Waals surface area contributed by atoms with Gasteiger partial charge in [-0.05, 0) is 81.6 Å². The lowest BCUT2D eigenvalue weighted by Gasteiger charge is -2.10. The maximum Gasteiger partial charge on any atom is 0.246 e. The average molecular weight is 614 g/mol. The third-order valence-electron chi connectivity index (χ3n) is 9.45. The number of hydrogen-bond acceptors (Lipinski definition) is 3. The first-order valence-corrected chi connectivity index (χ1v) is 16.2. The zero-order chi connectivity index (χ0) is 31.6. The second kappa shape index (κ2) is 10.5. The molecule has 3 aromatic heterocycles. The minimum atomic E-state index is 0.551. The number of benzene rings is 7. The van der Waals surface area contributed by atoms with Crippen LogP contribution < -0.4 is 0 Å². The van der Waals surface area contributed by atoms with Crippen LogP contribution in [0.3, 0.4) is 0 Å². The minimum absolute atomic E-state index is 0.551. The normalized spacial score (nSPS) is 11.8. The Morgan fingerprint density at radius 1 is 0.479 bits per heavy atom. The molecule has 4 nitrogen and oxygen atoms in total. The first-order chi connectivity index (χ1) is 23.8. The summed E-state index contributed by atoms with van der Waals surface area (Å²) in [6.07, 6.45) is 1.86. The lowest BCUT2D eigenvalue weighted by Crippen LogP contribution is -1.92. The van der Waals surface area contributed by atoms with Crippen LogP contribution in [0.15, 0.2) is 168 Å². The third-order valence-corrected chi connectivity index (χ3v) is 9.45. The monoisotopic (exact) mass is 613 g/mol. The van der Waals surface area contributed by atoms with Crippen molar-refractivity contribution in [2.45, 2.75) is 0 Å². The van der Waals surface area contributed by atoms with Crippen LogP contribution in [0.4, 0.5) is 0 Å². The maximum absolute atomic E-state index is 6.21. The predicted octanol–water partition coefficient (Wildman–Crippen LogP) is 11.6. The zero-order valence-corrected chi connectivity index (χ0v) is 25.8. The van der Waals surface area contributed by atoms with E-state index in [0.717, 1.165) is 55.3 Å². The van der Waals surface area contributed by atoms with Gasteiger partial charge in [0.2, 0.25) is 5.71 Å². The van der Waals surface area contributed by atoms with E-state index in [1.807, 2.05) is 24.4 Å². The van der Waals surface area contributed by atoms with Crippen molar-refractivity contribution in [3.8, 4) is 39.2 Å². The Morgan fingerprint density at radius 3 is 1.98 bits per heavy atom. The van der Waals surface area contributed by atoms with Crippen molar-refractivity contribution >= 4 is 54.8 Å². The molecule has 0 atom stereocenters. The van der Waals surface area contributed by atoms with E-state index in [1.54, 1.807) is 0 Å². The number of furan rings is 1. The van der Waals surface area contributed by atoms with E-state index in [1.165, 1.54) is 32.9 Å². The molecule has 0 fully saturated rings. The number of nitrogens with zero attached hydrogens (tertiary/aromatic N) is 3. The second-order valence-electron chi connectivity index (χ2n) is 12.3. The molecular weight excluding hydrogens is 587 g/mol. The van der Waals surface area contributed by atoms with E-state index < -0.39 is 0 Å². The zero-order valence-electron chi connectivity index (χ0n) is 25.8. The molecule has 4 heteroatoms. The van der Waals surface area contributed by atoms with Crippen LogP contribution >= 0.6 is 0 Å². The Balaban J connectivity index is 1.04. The van der Waals surface area contributed by atoms with Crippen LogP contribution in [0.5, 0.6) is 0 Å². The molecule has 0 saturated heterocycles. The summed E-state index contributed by atoms with van der Waals surface area (Å²) in [6.45, 7) is 0. The third kappa shape index (κ3) is 4.16. The molecule has 3 heterocycles. The number of hydrogen-bond donors (Lipinski definition) is 0. The predicted molar refractivity (Wildman–Crippen MR) is 197 cm³/mol. The van der Waals surface area contributed by atoms with Crippen molar-refractivity contribution in [1.82, 2.24) is 14.5 Å². The van der Waals surface area contributed by atoms with Gasteiger partial charge in [0.05, 0.1) is 28.3 Å². The Labute approximate surface area is 276 Å². The van der Waals surface area contributed by atoms with Crippen LogP contribution in [0.25, 0.3) is 94.0 Å². The van der Waals surface area contributed by atoms with Gasteiger partial charge in [-0.3, -0.25) is 0 Å². The van der Waals surface area contributed by atoms with Crippen LogP contribution in [-0.4, -0.2) is 14.5 Å². The van der Waals surface area contributed by atoms with Gasteiger partial charge in [-0.15, -0.1) is 0 Å². The summed E-state index contributed by atoms with van der Waals surface area (Å²) < 4.78 is 8.56. The molecule has 48 heavy (non-hydrogen) atoms. The molecule has 10 aromatic rings. The molecule has 0 bridgehead atoms. The summed E-state index contributed by atoms with van der Waals surface area (Å²) in [5.41, 5.74) is 12.1. The van der Waals surface area contributed by atoms with E-state index >= 15 is 0 Å². The van der Waals surface area contributed by atoms with E-state index in [4.69, 9.17) is 14.4 Å². The molecule has 7 aromatic carbocycles. The summed E-state index contributed by atoms with van der Waals surface area (Å²) in [6, 6.07) is 55.7. The highest BCUT2D eigenvalue weighted by Crippen LogP contribution is 2.37.